The number of hydrogen-bond acceptors (Lipinski definition) is 5. The molecule has 1 unspecified atom stereocenters. The van der Waals surface area contributed by atoms with Gasteiger partial charge in [-0.2, -0.15) is 9.61 Å². The van der Waals surface area contributed by atoms with E-state index >= 15 is 0 Å². The first kappa shape index (κ1) is 17.3. The Morgan fingerprint density at radius 1 is 1.30 bits per heavy atom. The van der Waals surface area contributed by atoms with Gasteiger partial charge in [0, 0.05) is 31.9 Å². The Bertz CT molecular complexity index is 939. The molecule has 1 aliphatic heterocycles. The van der Waals surface area contributed by atoms with Crippen LogP contribution >= 0.6 is 0 Å². The molecule has 1 saturated heterocycles. The summed E-state index contributed by atoms with van der Waals surface area (Å²) in [5.74, 6) is 1.83. The van der Waals surface area contributed by atoms with Crippen molar-refractivity contribution < 1.29 is 9.53 Å². The lowest BCUT2D eigenvalue weighted by atomic mass is 9.97. The lowest BCUT2D eigenvalue weighted by Crippen LogP contribution is -2.43. The fourth-order valence-electron chi connectivity index (χ4n) is 3.58. The third-order valence-electron chi connectivity index (χ3n) is 4.99. The van der Waals surface area contributed by atoms with E-state index in [1.807, 2.05) is 40.9 Å². The molecule has 27 heavy (non-hydrogen) atoms. The summed E-state index contributed by atoms with van der Waals surface area (Å²) in [6.45, 7) is 2.10. The van der Waals surface area contributed by atoms with Gasteiger partial charge in [-0.3, -0.25) is 4.79 Å². The van der Waals surface area contributed by atoms with Gasteiger partial charge in [0.1, 0.15) is 11.6 Å². The summed E-state index contributed by atoms with van der Waals surface area (Å²) in [5, 5.41) is 7.42. The molecule has 4 rings (SSSR count). The van der Waals surface area contributed by atoms with Crippen LogP contribution in [0.5, 0.6) is 5.75 Å². The van der Waals surface area contributed by atoms with E-state index in [4.69, 9.17) is 4.74 Å². The molecular formula is C20H23N5O2. The van der Waals surface area contributed by atoms with Gasteiger partial charge in [-0.05, 0) is 36.6 Å². The molecule has 0 saturated carbocycles. The minimum absolute atomic E-state index is 0.0388. The maximum Gasteiger partial charge on any atom is 0.225 e. The number of carbonyl (C=O) groups is 1. The number of amides is 1. The molecule has 1 fully saturated rings. The van der Waals surface area contributed by atoms with Crippen LogP contribution in [0.15, 0.2) is 48.8 Å². The largest absolute Gasteiger partial charge is 0.497 e. The van der Waals surface area contributed by atoms with Gasteiger partial charge in [-0.25, -0.2) is 4.98 Å². The lowest BCUT2D eigenvalue weighted by molar-refractivity contribution is -0.125. The summed E-state index contributed by atoms with van der Waals surface area (Å²) >= 11 is 0. The summed E-state index contributed by atoms with van der Waals surface area (Å²) in [5.41, 5.74) is 1.85. The molecule has 140 valence electrons. The van der Waals surface area contributed by atoms with Gasteiger partial charge < -0.3 is 15.0 Å². The highest BCUT2D eigenvalue weighted by atomic mass is 16.5. The molecule has 3 aromatic rings. The molecule has 7 nitrogen and oxygen atoms in total. The van der Waals surface area contributed by atoms with Gasteiger partial charge in [0.05, 0.1) is 19.2 Å². The Kier molecular flexibility index (Phi) is 4.91. The molecule has 0 aliphatic carbocycles. The third kappa shape index (κ3) is 3.72. The molecule has 1 amide bonds. The molecule has 1 N–H and O–H groups in total. The molecule has 1 atom stereocenters. The van der Waals surface area contributed by atoms with Crippen molar-refractivity contribution in [3.63, 3.8) is 0 Å². The Morgan fingerprint density at radius 3 is 3.11 bits per heavy atom. The van der Waals surface area contributed by atoms with Crippen LogP contribution in [-0.4, -0.2) is 40.7 Å². The highest BCUT2D eigenvalue weighted by molar-refractivity contribution is 5.79. The van der Waals surface area contributed by atoms with Crippen LogP contribution in [0.2, 0.25) is 0 Å². The predicted molar refractivity (Wildman–Crippen MR) is 103 cm³/mol. The maximum atomic E-state index is 12.7. The Hall–Kier alpha value is -3.09. The van der Waals surface area contributed by atoms with Crippen LogP contribution in [-0.2, 0) is 11.3 Å². The van der Waals surface area contributed by atoms with Gasteiger partial charge in [-0.15, -0.1) is 0 Å². The standard InChI is InChI=1S/C20H23N5O2/c1-27-17-6-2-4-15(12-17)13-22-20(26)16-5-3-11-24(14-16)19-8-9-21-18-7-10-23-25(18)19/h2,4,6-10,12,16H,3,5,11,13-14H2,1H3,(H,22,26). The van der Waals surface area contributed by atoms with E-state index in [9.17, 15) is 4.79 Å². The van der Waals surface area contributed by atoms with Crippen molar-refractivity contribution in [1.29, 1.82) is 0 Å². The number of carbonyl (C=O) groups excluding carboxylic acids is 1. The van der Waals surface area contributed by atoms with Crippen LogP contribution in [0.1, 0.15) is 18.4 Å². The smallest absolute Gasteiger partial charge is 0.225 e. The lowest BCUT2D eigenvalue weighted by Gasteiger charge is -2.33. The molecule has 7 heteroatoms. The Balaban J connectivity index is 1.41. The molecule has 0 spiro atoms. The Morgan fingerprint density at radius 2 is 2.22 bits per heavy atom. The highest BCUT2D eigenvalue weighted by Gasteiger charge is 2.27. The van der Waals surface area contributed by atoms with E-state index in [1.165, 1.54) is 0 Å². The van der Waals surface area contributed by atoms with E-state index in [2.05, 4.69) is 20.3 Å². The molecule has 2 aromatic heterocycles. The normalized spacial score (nSPS) is 17.1. The number of nitrogens with one attached hydrogen (secondary N) is 1. The van der Waals surface area contributed by atoms with Gasteiger partial charge in [0.2, 0.25) is 5.91 Å². The zero-order valence-electron chi connectivity index (χ0n) is 15.3. The summed E-state index contributed by atoms with van der Waals surface area (Å²) in [4.78, 5) is 19.2. The fourth-order valence-corrected chi connectivity index (χ4v) is 3.58. The predicted octanol–water partition coefficient (Wildman–Crippen LogP) is 2.27. The van der Waals surface area contributed by atoms with Crippen molar-refractivity contribution in [3.8, 4) is 5.75 Å². The number of nitrogens with zero attached hydrogens (tertiary/aromatic N) is 4. The number of ether oxygens (including phenoxy) is 1. The Labute approximate surface area is 158 Å². The highest BCUT2D eigenvalue weighted by Crippen LogP contribution is 2.23. The van der Waals surface area contributed by atoms with Crippen molar-refractivity contribution in [2.75, 3.05) is 25.1 Å². The maximum absolute atomic E-state index is 12.7. The monoisotopic (exact) mass is 365 g/mol. The van der Waals surface area contributed by atoms with Gasteiger partial charge in [0.15, 0.2) is 5.65 Å². The average Bonchev–Trinajstić information content (AvgIpc) is 3.21. The van der Waals surface area contributed by atoms with Gasteiger partial charge in [-0.1, -0.05) is 12.1 Å². The summed E-state index contributed by atoms with van der Waals surface area (Å²) in [6, 6.07) is 11.6. The number of hydrogen-bond donors (Lipinski definition) is 1. The summed E-state index contributed by atoms with van der Waals surface area (Å²) in [7, 11) is 1.64. The first-order valence-electron chi connectivity index (χ1n) is 9.19. The van der Waals surface area contributed by atoms with Crippen LogP contribution in [0.4, 0.5) is 5.82 Å². The van der Waals surface area contributed by atoms with E-state index in [0.717, 1.165) is 42.2 Å². The minimum Gasteiger partial charge on any atom is -0.497 e. The summed E-state index contributed by atoms with van der Waals surface area (Å²) in [6.07, 6.45) is 5.41. The fraction of sp³-hybridized carbons (Fsp3) is 0.350. The summed E-state index contributed by atoms with van der Waals surface area (Å²) < 4.78 is 7.07. The topological polar surface area (TPSA) is 71.8 Å². The molecule has 0 bridgehead atoms. The molecular weight excluding hydrogens is 342 g/mol. The SMILES string of the molecule is COc1cccc(CNC(=O)C2CCCN(c3ccnc4ccnn34)C2)c1. The van der Waals surface area contributed by atoms with Crippen LogP contribution in [0.25, 0.3) is 5.65 Å². The molecule has 1 aromatic carbocycles. The van der Waals surface area contributed by atoms with Crippen molar-refractivity contribution in [2.45, 2.75) is 19.4 Å². The van der Waals surface area contributed by atoms with E-state index < -0.39 is 0 Å². The molecule has 0 radical (unpaired) electrons. The molecule has 3 heterocycles. The number of piperidine rings is 1. The third-order valence-corrected chi connectivity index (χ3v) is 4.99. The first-order valence-corrected chi connectivity index (χ1v) is 9.19. The average molecular weight is 365 g/mol. The zero-order valence-corrected chi connectivity index (χ0v) is 15.3. The second-order valence-corrected chi connectivity index (χ2v) is 6.76. The van der Waals surface area contributed by atoms with Crippen molar-refractivity contribution >= 4 is 17.4 Å². The van der Waals surface area contributed by atoms with Crippen molar-refractivity contribution in [2.24, 2.45) is 5.92 Å². The minimum atomic E-state index is -0.0388. The number of methoxy groups -OCH3 is 1. The zero-order chi connectivity index (χ0) is 18.6. The number of benzene rings is 1. The quantitative estimate of drug-likeness (QED) is 0.751. The van der Waals surface area contributed by atoms with Crippen LogP contribution in [0, 0.1) is 5.92 Å². The van der Waals surface area contributed by atoms with Gasteiger partial charge in [0.25, 0.3) is 0 Å². The number of anilines is 1. The molecule has 1 aliphatic rings. The van der Waals surface area contributed by atoms with E-state index in [1.54, 1.807) is 19.5 Å². The number of fused-ring (bicyclic) bond motifs is 1. The van der Waals surface area contributed by atoms with E-state index in [-0.39, 0.29) is 11.8 Å². The second kappa shape index (κ2) is 7.65. The van der Waals surface area contributed by atoms with Crippen molar-refractivity contribution in [1.82, 2.24) is 19.9 Å². The van der Waals surface area contributed by atoms with Gasteiger partial charge >= 0.3 is 0 Å². The van der Waals surface area contributed by atoms with Crippen LogP contribution in [0.3, 0.4) is 0 Å². The van der Waals surface area contributed by atoms with Crippen LogP contribution < -0.4 is 15.0 Å². The first-order chi connectivity index (χ1) is 13.2. The second-order valence-electron chi connectivity index (χ2n) is 6.76. The van der Waals surface area contributed by atoms with Crippen molar-refractivity contribution in [3.05, 3.63) is 54.4 Å². The number of aromatic nitrogens is 3. The number of rotatable bonds is 5. The van der Waals surface area contributed by atoms with E-state index in [0.29, 0.717) is 13.1 Å².